The molecule has 0 aromatic heterocycles. The van der Waals surface area contributed by atoms with Crippen LogP contribution >= 0.6 is 0 Å². The van der Waals surface area contributed by atoms with Crippen LogP contribution in [0.1, 0.15) is 13.8 Å². The van der Waals surface area contributed by atoms with Gasteiger partial charge in [0.2, 0.25) is 11.8 Å². The van der Waals surface area contributed by atoms with Crippen molar-refractivity contribution in [3.05, 3.63) is 35.4 Å². The minimum atomic E-state index is -0.752. The summed E-state index contributed by atoms with van der Waals surface area (Å²) in [6.45, 7) is 3.00. The fourth-order valence-corrected chi connectivity index (χ4v) is 2.29. The van der Waals surface area contributed by atoms with Gasteiger partial charge in [0.15, 0.2) is 0 Å². The Morgan fingerprint density at radius 3 is 2.50 bits per heavy atom. The van der Waals surface area contributed by atoms with Gasteiger partial charge in [-0.15, -0.1) is 0 Å². The summed E-state index contributed by atoms with van der Waals surface area (Å²) in [5, 5.41) is 11.7. The van der Waals surface area contributed by atoms with Gasteiger partial charge in [0.1, 0.15) is 11.6 Å². The second-order valence-electron chi connectivity index (χ2n) is 5.36. The van der Waals surface area contributed by atoms with Crippen molar-refractivity contribution in [2.24, 2.45) is 10.9 Å². The van der Waals surface area contributed by atoms with Crippen molar-refractivity contribution in [3.63, 3.8) is 0 Å². The third kappa shape index (κ3) is 3.38. The molecule has 1 atom stereocenters. The number of carbonyl (C=O) groups excluding carboxylic acids is 3. The maximum absolute atomic E-state index is 12.2. The first kappa shape index (κ1) is 17.1. The molecule has 122 valence electrons. The molecule has 2 rings (SSSR count). The van der Waals surface area contributed by atoms with Crippen molar-refractivity contribution >= 4 is 35.3 Å². The van der Waals surface area contributed by atoms with Crippen LogP contribution in [0.25, 0.3) is 0 Å². The van der Waals surface area contributed by atoms with E-state index in [1.165, 1.54) is 20.2 Å². The van der Waals surface area contributed by atoms with Crippen LogP contribution in [0.5, 0.6) is 0 Å². The lowest BCUT2D eigenvalue weighted by atomic mass is 9.91. The summed E-state index contributed by atoms with van der Waals surface area (Å²) in [6.07, 6.45) is 1.42. The standard InChI is InChI=1S/C17H16N4O3/c1-10-14(8-18)16(23)21(3)17(24)15(10)9-19-12-4-6-13(7-5-12)20-11(2)22/h4-7,9,15H,1-3H3,(H,20,22)/t15-/m0/s1. The summed E-state index contributed by atoms with van der Waals surface area (Å²) in [6, 6.07) is 8.60. The third-order valence-electron chi connectivity index (χ3n) is 3.65. The van der Waals surface area contributed by atoms with Crippen molar-refractivity contribution in [2.75, 3.05) is 12.4 Å². The Morgan fingerprint density at radius 2 is 1.96 bits per heavy atom. The summed E-state index contributed by atoms with van der Waals surface area (Å²) >= 11 is 0. The van der Waals surface area contributed by atoms with Crippen molar-refractivity contribution in [3.8, 4) is 6.07 Å². The Labute approximate surface area is 139 Å². The lowest BCUT2D eigenvalue weighted by Gasteiger charge is -2.26. The van der Waals surface area contributed by atoms with Gasteiger partial charge in [-0.05, 0) is 36.8 Å². The summed E-state index contributed by atoms with van der Waals surface area (Å²) < 4.78 is 0. The maximum Gasteiger partial charge on any atom is 0.270 e. The van der Waals surface area contributed by atoms with Gasteiger partial charge in [-0.2, -0.15) is 5.26 Å². The van der Waals surface area contributed by atoms with E-state index in [2.05, 4.69) is 10.3 Å². The van der Waals surface area contributed by atoms with Crippen molar-refractivity contribution in [1.29, 1.82) is 5.26 Å². The highest BCUT2D eigenvalue weighted by Crippen LogP contribution is 2.24. The van der Waals surface area contributed by atoms with Crippen molar-refractivity contribution in [1.82, 2.24) is 4.90 Å². The van der Waals surface area contributed by atoms with Gasteiger partial charge < -0.3 is 5.32 Å². The van der Waals surface area contributed by atoms with E-state index in [-0.39, 0.29) is 11.5 Å². The summed E-state index contributed by atoms with van der Waals surface area (Å²) in [5.74, 6) is -1.94. The molecule has 0 bridgehead atoms. The van der Waals surface area contributed by atoms with Crippen molar-refractivity contribution < 1.29 is 14.4 Å². The van der Waals surface area contributed by atoms with Gasteiger partial charge in [-0.1, -0.05) is 0 Å². The van der Waals surface area contributed by atoms with Crippen molar-refractivity contribution in [2.45, 2.75) is 13.8 Å². The number of hydrogen-bond donors (Lipinski definition) is 1. The van der Waals surface area contributed by atoms with E-state index in [0.29, 0.717) is 16.9 Å². The monoisotopic (exact) mass is 324 g/mol. The van der Waals surface area contributed by atoms with E-state index in [4.69, 9.17) is 5.26 Å². The second kappa shape index (κ2) is 6.87. The Balaban J connectivity index is 2.26. The first-order valence-electron chi connectivity index (χ1n) is 7.19. The number of carbonyl (C=O) groups is 3. The molecule has 1 aromatic carbocycles. The number of hydrogen-bond acceptors (Lipinski definition) is 5. The largest absolute Gasteiger partial charge is 0.326 e. The van der Waals surface area contributed by atoms with Crippen LogP contribution in [0.15, 0.2) is 40.4 Å². The number of nitrogens with one attached hydrogen (secondary N) is 1. The molecule has 0 saturated carbocycles. The topological polar surface area (TPSA) is 103 Å². The zero-order valence-corrected chi connectivity index (χ0v) is 13.5. The molecule has 0 aliphatic carbocycles. The van der Waals surface area contributed by atoms with Gasteiger partial charge in [0, 0.05) is 25.9 Å². The molecule has 0 unspecified atom stereocenters. The number of nitriles is 1. The average molecular weight is 324 g/mol. The molecule has 1 aliphatic rings. The highest BCUT2D eigenvalue weighted by molar-refractivity contribution is 6.15. The number of amides is 3. The normalized spacial score (nSPS) is 18.1. The summed E-state index contributed by atoms with van der Waals surface area (Å²) in [5.41, 5.74) is 1.59. The highest BCUT2D eigenvalue weighted by Gasteiger charge is 2.36. The predicted octanol–water partition coefficient (Wildman–Crippen LogP) is 1.80. The molecule has 1 N–H and O–H groups in total. The fraction of sp³-hybridized carbons (Fsp3) is 0.235. The smallest absolute Gasteiger partial charge is 0.270 e. The maximum atomic E-state index is 12.2. The van der Waals surface area contributed by atoms with Crippen LogP contribution in [0.2, 0.25) is 0 Å². The molecule has 7 nitrogen and oxygen atoms in total. The second-order valence-corrected chi connectivity index (χ2v) is 5.36. The van der Waals surface area contributed by atoms with E-state index in [0.717, 1.165) is 4.90 Å². The van der Waals surface area contributed by atoms with Crippen LogP contribution in [-0.4, -0.2) is 35.9 Å². The molecule has 0 fully saturated rings. The first-order valence-corrected chi connectivity index (χ1v) is 7.19. The third-order valence-corrected chi connectivity index (χ3v) is 3.65. The van der Waals surface area contributed by atoms with Crippen LogP contribution in [0, 0.1) is 17.2 Å². The Kier molecular flexibility index (Phi) is 4.90. The molecule has 24 heavy (non-hydrogen) atoms. The van der Waals surface area contributed by atoms with Gasteiger partial charge >= 0.3 is 0 Å². The molecular formula is C17H16N4O3. The average Bonchev–Trinajstić information content (AvgIpc) is 2.54. The van der Waals surface area contributed by atoms with E-state index >= 15 is 0 Å². The van der Waals surface area contributed by atoms with Gasteiger partial charge in [0.25, 0.3) is 5.91 Å². The SMILES string of the molecule is CC(=O)Nc1ccc(N=C[C@@H]2C(=O)N(C)C(=O)C(C#N)=C2C)cc1. The quantitative estimate of drug-likeness (QED) is 0.676. The Bertz CT molecular complexity index is 800. The van der Waals surface area contributed by atoms with Crippen LogP contribution in [-0.2, 0) is 14.4 Å². The number of rotatable bonds is 3. The number of imide groups is 1. The molecule has 0 saturated heterocycles. The van der Waals surface area contributed by atoms with E-state index in [9.17, 15) is 14.4 Å². The number of likely N-dealkylation sites (N-methyl/N-ethyl adjacent to an activating group) is 1. The molecule has 0 radical (unpaired) electrons. The number of nitrogens with zero attached hydrogens (tertiary/aromatic N) is 3. The lowest BCUT2D eigenvalue weighted by Crippen LogP contribution is -2.44. The Morgan fingerprint density at radius 1 is 1.33 bits per heavy atom. The minimum absolute atomic E-state index is 0.0328. The molecular weight excluding hydrogens is 308 g/mol. The first-order chi connectivity index (χ1) is 11.3. The van der Waals surface area contributed by atoms with Crippen LogP contribution in [0.4, 0.5) is 11.4 Å². The molecule has 7 heteroatoms. The van der Waals surface area contributed by atoms with Gasteiger partial charge in [0.05, 0.1) is 11.6 Å². The number of anilines is 1. The highest BCUT2D eigenvalue weighted by atomic mass is 16.2. The van der Waals surface area contributed by atoms with E-state index < -0.39 is 17.7 Å². The number of benzene rings is 1. The molecule has 1 aromatic rings. The van der Waals surface area contributed by atoms with E-state index in [1.54, 1.807) is 31.2 Å². The van der Waals surface area contributed by atoms with Crippen LogP contribution in [0.3, 0.4) is 0 Å². The molecule has 3 amide bonds. The molecule has 0 spiro atoms. The summed E-state index contributed by atoms with van der Waals surface area (Å²) in [7, 11) is 1.34. The summed E-state index contributed by atoms with van der Waals surface area (Å²) in [4.78, 5) is 40.2. The lowest BCUT2D eigenvalue weighted by molar-refractivity contribution is -0.142. The minimum Gasteiger partial charge on any atom is -0.326 e. The zero-order valence-electron chi connectivity index (χ0n) is 13.5. The number of aliphatic imine (C=N–C) groups is 1. The van der Waals surface area contributed by atoms with Gasteiger partial charge in [-0.25, -0.2) is 0 Å². The Hall–Kier alpha value is -3.27. The van der Waals surface area contributed by atoms with Crippen LogP contribution < -0.4 is 5.32 Å². The zero-order chi connectivity index (χ0) is 17.9. The van der Waals surface area contributed by atoms with Gasteiger partial charge in [-0.3, -0.25) is 24.3 Å². The predicted molar refractivity (Wildman–Crippen MR) is 88.5 cm³/mol. The fourth-order valence-electron chi connectivity index (χ4n) is 2.29. The molecule has 1 aliphatic heterocycles. The molecule has 1 heterocycles. The van der Waals surface area contributed by atoms with E-state index in [1.807, 2.05) is 6.07 Å².